The molecule has 1 aromatic heterocycles. The van der Waals surface area contributed by atoms with Crippen molar-refractivity contribution in [3.63, 3.8) is 0 Å². The van der Waals surface area contributed by atoms with Crippen molar-refractivity contribution in [3.8, 4) is 0 Å². The topological polar surface area (TPSA) is 93.2 Å². The van der Waals surface area contributed by atoms with Gasteiger partial charge in [-0.2, -0.15) is 13.2 Å². The van der Waals surface area contributed by atoms with E-state index < -0.39 is 30.6 Å². The summed E-state index contributed by atoms with van der Waals surface area (Å²) in [5, 5.41) is 2.41. The molecule has 1 heterocycles. The number of hydrogen-bond donors (Lipinski definition) is 2. The van der Waals surface area contributed by atoms with Crippen molar-refractivity contribution < 1.29 is 22.8 Å². The Labute approximate surface area is 162 Å². The molecule has 12 heteroatoms. The van der Waals surface area contributed by atoms with Gasteiger partial charge in [0.1, 0.15) is 12.4 Å². The average molecular weight is 422 g/mol. The van der Waals surface area contributed by atoms with Crippen LogP contribution in [0, 0.1) is 5.92 Å². The molecule has 0 bridgehead atoms. The standard InChI is InChI=1S/C14H22F3N5O2.2ClH/c1-9(2)12(18)13(24)20-6-11(23)21(3)7-10-19-4-5-22(10)8-14(15,16)17;;/h4-5,9,12H,6-8,18H2,1-3H3,(H,20,24);2*1H/t12-;;/m0../s1. The molecule has 152 valence electrons. The second-order valence-electron chi connectivity index (χ2n) is 5.82. The quantitative estimate of drug-likeness (QED) is 0.694. The van der Waals surface area contributed by atoms with E-state index in [1.165, 1.54) is 24.3 Å². The summed E-state index contributed by atoms with van der Waals surface area (Å²) >= 11 is 0. The monoisotopic (exact) mass is 421 g/mol. The van der Waals surface area contributed by atoms with Crippen molar-refractivity contribution in [2.45, 2.75) is 39.2 Å². The molecule has 0 aliphatic heterocycles. The fraction of sp³-hybridized carbons (Fsp3) is 0.643. The first-order valence-electron chi connectivity index (χ1n) is 7.35. The van der Waals surface area contributed by atoms with Crippen molar-refractivity contribution >= 4 is 36.6 Å². The van der Waals surface area contributed by atoms with Crippen LogP contribution in [0.15, 0.2) is 12.4 Å². The number of rotatable bonds is 7. The predicted molar refractivity (Wildman–Crippen MR) is 95.1 cm³/mol. The van der Waals surface area contributed by atoms with E-state index >= 15 is 0 Å². The normalized spacial score (nSPS) is 12.0. The molecule has 0 unspecified atom stereocenters. The van der Waals surface area contributed by atoms with Gasteiger partial charge >= 0.3 is 6.18 Å². The van der Waals surface area contributed by atoms with Crippen LogP contribution in [0.3, 0.4) is 0 Å². The Kier molecular flexibility index (Phi) is 11.6. The van der Waals surface area contributed by atoms with E-state index in [0.717, 1.165) is 4.57 Å². The molecule has 3 N–H and O–H groups in total. The minimum atomic E-state index is -4.38. The van der Waals surface area contributed by atoms with E-state index in [1.54, 1.807) is 13.8 Å². The molecule has 0 fully saturated rings. The average Bonchev–Trinajstić information content (AvgIpc) is 2.88. The molecule has 0 saturated carbocycles. The van der Waals surface area contributed by atoms with Crippen molar-refractivity contribution in [2.75, 3.05) is 13.6 Å². The van der Waals surface area contributed by atoms with E-state index in [0.29, 0.717) is 0 Å². The summed E-state index contributed by atoms with van der Waals surface area (Å²) in [6.45, 7) is 1.99. The molecular formula is C14H24Cl2F3N5O2. The summed E-state index contributed by atoms with van der Waals surface area (Å²) in [5.74, 6) is -0.882. The number of halogens is 5. The van der Waals surface area contributed by atoms with Gasteiger partial charge in [0.15, 0.2) is 0 Å². The minimum Gasteiger partial charge on any atom is -0.346 e. The zero-order valence-electron chi connectivity index (χ0n) is 14.6. The smallest absolute Gasteiger partial charge is 0.346 e. The number of nitrogens with zero attached hydrogens (tertiary/aromatic N) is 3. The second kappa shape index (κ2) is 11.2. The lowest BCUT2D eigenvalue weighted by molar-refractivity contribution is -0.141. The van der Waals surface area contributed by atoms with E-state index in [1.807, 2.05) is 0 Å². The molecule has 0 aliphatic carbocycles. The van der Waals surface area contributed by atoms with Crippen LogP contribution in [-0.4, -0.2) is 52.1 Å². The van der Waals surface area contributed by atoms with E-state index in [9.17, 15) is 22.8 Å². The van der Waals surface area contributed by atoms with Crippen LogP contribution >= 0.6 is 24.8 Å². The summed E-state index contributed by atoms with van der Waals surface area (Å²) in [7, 11) is 1.42. The molecule has 26 heavy (non-hydrogen) atoms. The van der Waals surface area contributed by atoms with Crippen molar-refractivity contribution in [1.29, 1.82) is 0 Å². The van der Waals surface area contributed by atoms with Gasteiger partial charge in [-0.3, -0.25) is 9.59 Å². The Balaban J connectivity index is 0. The van der Waals surface area contributed by atoms with Gasteiger partial charge in [0, 0.05) is 19.4 Å². The van der Waals surface area contributed by atoms with Crippen molar-refractivity contribution in [1.82, 2.24) is 19.8 Å². The highest BCUT2D eigenvalue weighted by Crippen LogP contribution is 2.18. The molecule has 0 spiro atoms. The number of amides is 2. The van der Waals surface area contributed by atoms with Gasteiger partial charge in [0.2, 0.25) is 11.8 Å². The fourth-order valence-electron chi connectivity index (χ4n) is 1.85. The summed E-state index contributed by atoms with van der Waals surface area (Å²) < 4.78 is 38.3. The third kappa shape index (κ3) is 8.72. The summed E-state index contributed by atoms with van der Waals surface area (Å²) in [5.41, 5.74) is 5.65. The third-order valence-electron chi connectivity index (χ3n) is 3.39. The summed E-state index contributed by atoms with van der Waals surface area (Å²) in [6, 6.07) is -0.728. The molecule has 0 aromatic carbocycles. The number of aromatic nitrogens is 2. The van der Waals surface area contributed by atoms with Gasteiger partial charge in [-0.25, -0.2) is 4.98 Å². The Morgan fingerprint density at radius 1 is 1.35 bits per heavy atom. The lowest BCUT2D eigenvalue weighted by atomic mass is 10.1. The Bertz CT molecular complexity index is 581. The van der Waals surface area contributed by atoms with Gasteiger partial charge in [-0.05, 0) is 5.92 Å². The second-order valence-corrected chi connectivity index (χ2v) is 5.82. The van der Waals surface area contributed by atoms with Crippen LogP contribution in [0.4, 0.5) is 13.2 Å². The van der Waals surface area contributed by atoms with Gasteiger partial charge in [0.25, 0.3) is 0 Å². The largest absolute Gasteiger partial charge is 0.406 e. The van der Waals surface area contributed by atoms with Crippen LogP contribution in [0.5, 0.6) is 0 Å². The lowest BCUT2D eigenvalue weighted by Gasteiger charge is -2.20. The number of carbonyl (C=O) groups is 2. The van der Waals surface area contributed by atoms with Crippen molar-refractivity contribution in [2.24, 2.45) is 11.7 Å². The lowest BCUT2D eigenvalue weighted by Crippen LogP contribution is -2.47. The van der Waals surface area contributed by atoms with Crippen LogP contribution in [0.1, 0.15) is 19.7 Å². The first kappa shape index (κ1) is 26.7. The highest BCUT2D eigenvalue weighted by molar-refractivity contribution is 5.87. The SMILES string of the molecule is CC(C)[C@H](N)C(=O)NCC(=O)N(C)Cc1nccn1CC(F)(F)F.Cl.Cl. The number of carbonyl (C=O) groups excluding carboxylic acids is 2. The molecule has 1 aromatic rings. The molecule has 1 rings (SSSR count). The van der Waals surface area contributed by atoms with E-state index in [4.69, 9.17) is 5.73 Å². The molecule has 7 nitrogen and oxygen atoms in total. The summed E-state index contributed by atoms with van der Waals surface area (Å²) in [4.78, 5) is 28.7. The number of imidazole rings is 1. The molecule has 0 saturated heterocycles. The Morgan fingerprint density at radius 2 is 1.92 bits per heavy atom. The maximum absolute atomic E-state index is 12.5. The number of likely N-dealkylation sites (N-methyl/N-ethyl adjacent to an activating group) is 1. The van der Waals surface area contributed by atoms with Crippen LogP contribution in [0.25, 0.3) is 0 Å². The highest BCUT2D eigenvalue weighted by atomic mass is 35.5. The Morgan fingerprint density at radius 3 is 2.42 bits per heavy atom. The maximum atomic E-state index is 12.5. The molecular weight excluding hydrogens is 398 g/mol. The van der Waals surface area contributed by atoms with E-state index in [2.05, 4.69) is 10.3 Å². The molecule has 0 aliphatic rings. The Hall–Kier alpha value is -1.52. The fourth-order valence-corrected chi connectivity index (χ4v) is 1.85. The number of nitrogens with one attached hydrogen (secondary N) is 1. The van der Waals surface area contributed by atoms with Gasteiger partial charge in [-0.1, -0.05) is 13.8 Å². The van der Waals surface area contributed by atoms with Gasteiger partial charge in [0.05, 0.1) is 19.1 Å². The number of nitrogens with two attached hydrogens (primary N) is 1. The van der Waals surface area contributed by atoms with E-state index in [-0.39, 0.29) is 49.6 Å². The number of hydrogen-bond acceptors (Lipinski definition) is 4. The summed E-state index contributed by atoms with van der Waals surface area (Å²) in [6.07, 6.45) is -1.94. The first-order chi connectivity index (χ1) is 11.0. The zero-order valence-corrected chi connectivity index (χ0v) is 16.2. The van der Waals surface area contributed by atoms with Crippen LogP contribution in [-0.2, 0) is 22.7 Å². The molecule has 1 atom stereocenters. The molecule has 0 radical (unpaired) electrons. The predicted octanol–water partition coefficient (Wildman–Crippen LogP) is 1.35. The zero-order chi connectivity index (χ0) is 18.5. The minimum absolute atomic E-state index is 0. The third-order valence-corrected chi connectivity index (χ3v) is 3.39. The van der Waals surface area contributed by atoms with Gasteiger partial charge < -0.3 is 20.5 Å². The number of alkyl halides is 3. The highest BCUT2D eigenvalue weighted by Gasteiger charge is 2.29. The van der Waals surface area contributed by atoms with Crippen molar-refractivity contribution in [3.05, 3.63) is 18.2 Å². The van der Waals surface area contributed by atoms with Gasteiger partial charge in [-0.15, -0.1) is 24.8 Å². The maximum Gasteiger partial charge on any atom is 0.406 e. The van der Waals surface area contributed by atoms with Crippen LogP contribution in [0.2, 0.25) is 0 Å². The molecule has 2 amide bonds. The first-order valence-corrected chi connectivity index (χ1v) is 7.35. The van der Waals surface area contributed by atoms with Crippen LogP contribution < -0.4 is 11.1 Å².